The molecule has 2 amide bonds. The lowest BCUT2D eigenvalue weighted by molar-refractivity contribution is -0.132. The zero-order valence-electron chi connectivity index (χ0n) is 13.6. The van der Waals surface area contributed by atoms with Gasteiger partial charge in [0.25, 0.3) is 0 Å². The van der Waals surface area contributed by atoms with Gasteiger partial charge in [-0.05, 0) is 17.9 Å². The van der Waals surface area contributed by atoms with Crippen LogP contribution >= 0.6 is 11.3 Å². The number of aryl methyl sites for hydroxylation is 1. The van der Waals surface area contributed by atoms with E-state index in [2.05, 4.69) is 10.1 Å². The van der Waals surface area contributed by atoms with Gasteiger partial charge in [-0.2, -0.15) is 4.98 Å². The van der Waals surface area contributed by atoms with Gasteiger partial charge in [-0.1, -0.05) is 11.2 Å². The summed E-state index contributed by atoms with van der Waals surface area (Å²) in [4.78, 5) is 32.7. The highest BCUT2D eigenvalue weighted by Crippen LogP contribution is 2.21. The van der Waals surface area contributed by atoms with Crippen LogP contribution < -0.4 is 0 Å². The largest absolute Gasteiger partial charge is 0.341 e. The number of aromatic nitrogens is 2. The first-order valence-electron chi connectivity index (χ1n) is 8.03. The van der Waals surface area contributed by atoms with Crippen molar-refractivity contribution in [3.63, 3.8) is 0 Å². The molecule has 0 unspecified atom stereocenters. The van der Waals surface area contributed by atoms with Gasteiger partial charge in [0.1, 0.15) is 0 Å². The summed E-state index contributed by atoms with van der Waals surface area (Å²) >= 11 is 1.55. The Morgan fingerprint density at radius 2 is 2.04 bits per heavy atom. The highest BCUT2D eigenvalue weighted by Gasteiger charge is 2.21. The normalized spacial score (nSPS) is 15.4. The summed E-state index contributed by atoms with van der Waals surface area (Å²) in [7, 11) is 0. The first kappa shape index (κ1) is 16.6. The SMILES string of the molecule is CC(=O)N1CCCN(C(=O)CCc2nc(-c3cccs3)no2)CC1. The Balaban J connectivity index is 1.51. The molecule has 3 rings (SSSR count). The predicted molar refractivity (Wildman–Crippen MR) is 89.4 cm³/mol. The van der Waals surface area contributed by atoms with Gasteiger partial charge in [0, 0.05) is 45.9 Å². The van der Waals surface area contributed by atoms with Crippen LogP contribution in [-0.4, -0.2) is 57.9 Å². The van der Waals surface area contributed by atoms with E-state index in [-0.39, 0.29) is 11.8 Å². The van der Waals surface area contributed by atoms with Crippen molar-refractivity contribution in [3.05, 3.63) is 23.4 Å². The van der Waals surface area contributed by atoms with Crippen LogP contribution in [0.4, 0.5) is 0 Å². The Morgan fingerprint density at radius 1 is 1.25 bits per heavy atom. The second-order valence-corrected chi connectivity index (χ2v) is 6.68. The second kappa shape index (κ2) is 7.57. The van der Waals surface area contributed by atoms with Crippen LogP contribution in [0.15, 0.2) is 22.0 Å². The molecule has 2 aromatic rings. The maximum Gasteiger partial charge on any atom is 0.227 e. The van der Waals surface area contributed by atoms with Crippen molar-refractivity contribution in [2.75, 3.05) is 26.2 Å². The summed E-state index contributed by atoms with van der Waals surface area (Å²) in [5.41, 5.74) is 0. The van der Waals surface area contributed by atoms with E-state index >= 15 is 0 Å². The van der Waals surface area contributed by atoms with Crippen molar-refractivity contribution in [2.24, 2.45) is 0 Å². The molecule has 0 radical (unpaired) electrons. The molecule has 3 heterocycles. The lowest BCUT2D eigenvalue weighted by Gasteiger charge is -2.21. The van der Waals surface area contributed by atoms with Crippen molar-refractivity contribution in [1.82, 2.24) is 19.9 Å². The summed E-state index contributed by atoms with van der Waals surface area (Å²) in [6.07, 6.45) is 1.59. The second-order valence-electron chi connectivity index (χ2n) is 5.73. The minimum absolute atomic E-state index is 0.0660. The van der Waals surface area contributed by atoms with Gasteiger partial charge in [0.15, 0.2) is 0 Å². The molecule has 0 N–H and O–H groups in total. The fourth-order valence-electron chi connectivity index (χ4n) is 2.72. The third-order valence-corrected chi connectivity index (χ3v) is 4.92. The first-order valence-corrected chi connectivity index (χ1v) is 8.91. The van der Waals surface area contributed by atoms with Crippen LogP contribution in [0.3, 0.4) is 0 Å². The molecular formula is C16H20N4O3S. The van der Waals surface area contributed by atoms with Crippen LogP contribution in [0, 0.1) is 0 Å². The van der Waals surface area contributed by atoms with Crippen LogP contribution in [0.1, 0.15) is 25.7 Å². The number of thiophene rings is 1. The average molecular weight is 348 g/mol. The molecule has 24 heavy (non-hydrogen) atoms. The van der Waals surface area contributed by atoms with E-state index in [0.717, 1.165) is 11.3 Å². The molecule has 0 saturated carbocycles. The monoisotopic (exact) mass is 348 g/mol. The molecule has 0 aromatic carbocycles. The molecule has 1 fully saturated rings. The molecule has 128 valence electrons. The third-order valence-electron chi connectivity index (χ3n) is 4.06. The summed E-state index contributed by atoms with van der Waals surface area (Å²) in [6, 6.07) is 3.87. The number of amides is 2. The third kappa shape index (κ3) is 4.00. The van der Waals surface area contributed by atoms with Crippen LogP contribution in [0.25, 0.3) is 10.7 Å². The van der Waals surface area contributed by atoms with Gasteiger partial charge in [0.05, 0.1) is 4.88 Å². The molecule has 1 saturated heterocycles. The topological polar surface area (TPSA) is 79.5 Å². The first-order chi connectivity index (χ1) is 11.6. The van der Waals surface area contributed by atoms with Crippen molar-refractivity contribution >= 4 is 23.2 Å². The summed E-state index contributed by atoms with van der Waals surface area (Å²) in [5.74, 6) is 1.18. The number of hydrogen-bond acceptors (Lipinski definition) is 6. The smallest absolute Gasteiger partial charge is 0.227 e. The van der Waals surface area contributed by atoms with E-state index in [0.29, 0.717) is 50.7 Å². The predicted octanol–water partition coefficient (Wildman–Crippen LogP) is 1.81. The Labute approximate surface area is 144 Å². The van der Waals surface area contributed by atoms with Gasteiger partial charge in [-0.3, -0.25) is 9.59 Å². The fourth-order valence-corrected chi connectivity index (χ4v) is 3.37. The van der Waals surface area contributed by atoms with Crippen molar-refractivity contribution in [3.8, 4) is 10.7 Å². The summed E-state index contributed by atoms with van der Waals surface area (Å²) in [5, 5.41) is 5.91. The molecule has 2 aromatic heterocycles. The number of nitrogens with zero attached hydrogens (tertiary/aromatic N) is 4. The molecule has 7 nitrogen and oxygen atoms in total. The van der Waals surface area contributed by atoms with Crippen molar-refractivity contribution in [2.45, 2.75) is 26.2 Å². The molecule has 0 aliphatic carbocycles. The molecule has 8 heteroatoms. The number of hydrogen-bond donors (Lipinski definition) is 0. The maximum absolute atomic E-state index is 12.4. The molecule has 1 aliphatic heterocycles. The number of carbonyl (C=O) groups excluding carboxylic acids is 2. The Hall–Kier alpha value is -2.22. The lowest BCUT2D eigenvalue weighted by atomic mass is 10.2. The average Bonchev–Trinajstić information content (AvgIpc) is 3.19. The Bertz CT molecular complexity index is 698. The summed E-state index contributed by atoms with van der Waals surface area (Å²) in [6.45, 7) is 4.16. The van der Waals surface area contributed by atoms with Crippen LogP contribution in [0.2, 0.25) is 0 Å². The number of carbonyl (C=O) groups is 2. The number of rotatable bonds is 4. The Kier molecular flexibility index (Phi) is 5.24. The molecule has 0 bridgehead atoms. The minimum Gasteiger partial charge on any atom is -0.341 e. The molecule has 0 atom stereocenters. The van der Waals surface area contributed by atoms with Gasteiger partial charge >= 0.3 is 0 Å². The highest BCUT2D eigenvalue weighted by molar-refractivity contribution is 7.13. The van der Waals surface area contributed by atoms with Gasteiger partial charge < -0.3 is 14.3 Å². The van der Waals surface area contributed by atoms with Crippen LogP contribution in [0.5, 0.6) is 0 Å². The molecule has 0 spiro atoms. The molecular weight excluding hydrogens is 328 g/mol. The quantitative estimate of drug-likeness (QED) is 0.842. The Morgan fingerprint density at radius 3 is 2.79 bits per heavy atom. The fraction of sp³-hybridized carbons (Fsp3) is 0.500. The van der Waals surface area contributed by atoms with E-state index in [1.165, 1.54) is 0 Å². The van der Waals surface area contributed by atoms with Gasteiger partial charge in [-0.25, -0.2) is 0 Å². The highest BCUT2D eigenvalue weighted by atomic mass is 32.1. The van der Waals surface area contributed by atoms with E-state index in [4.69, 9.17) is 4.52 Å². The van der Waals surface area contributed by atoms with E-state index < -0.39 is 0 Å². The zero-order chi connectivity index (χ0) is 16.9. The standard InChI is InChI=1S/C16H20N4O3S/c1-12(21)19-7-3-8-20(10-9-19)15(22)6-5-14-17-16(18-23-14)13-4-2-11-24-13/h2,4,11H,3,5-10H2,1H3. The van der Waals surface area contributed by atoms with Crippen molar-refractivity contribution < 1.29 is 14.1 Å². The van der Waals surface area contributed by atoms with Gasteiger partial charge in [0.2, 0.25) is 23.5 Å². The lowest BCUT2D eigenvalue weighted by Crippen LogP contribution is -2.36. The molecule has 1 aliphatic rings. The summed E-state index contributed by atoms with van der Waals surface area (Å²) < 4.78 is 5.22. The van der Waals surface area contributed by atoms with E-state index in [1.54, 1.807) is 23.2 Å². The maximum atomic E-state index is 12.4. The van der Waals surface area contributed by atoms with E-state index in [9.17, 15) is 9.59 Å². The van der Waals surface area contributed by atoms with Crippen LogP contribution in [-0.2, 0) is 16.0 Å². The van der Waals surface area contributed by atoms with Gasteiger partial charge in [-0.15, -0.1) is 11.3 Å². The van der Waals surface area contributed by atoms with Crippen molar-refractivity contribution in [1.29, 1.82) is 0 Å². The zero-order valence-corrected chi connectivity index (χ0v) is 14.4. The minimum atomic E-state index is 0.0660. The van der Waals surface area contributed by atoms with E-state index in [1.807, 2.05) is 22.4 Å².